The first-order chi connectivity index (χ1) is 5.33. The summed E-state index contributed by atoms with van der Waals surface area (Å²) < 4.78 is 12.1. The quantitative estimate of drug-likeness (QED) is 0.534. The molecule has 1 heterocycles. The van der Waals surface area contributed by atoms with Crippen LogP contribution in [0.25, 0.3) is 0 Å². The van der Waals surface area contributed by atoms with Gasteiger partial charge in [-0.25, -0.2) is 4.98 Å². The number of aromatic nitrogens is 1. The first-order valence-electron chi connectivity index (χ1n) is 3.34. The average molecular weight is 152 g/mol. The lowest BCUT2D eigenvalue weighted by atomic mass is 10.3. The van der Waals surface area contributed by atoms with E-state index in [1.165, 1.54) is 12.3 Å². The Hall–Kier alpha value is -1.43. The third-order valence-corrected chi connectivity index (χ3v) is 0.856. The standard InChI is InChI=1S/C6H3FN2.C2H6/c7-6-3-5(4-8)1-2-9-6;1-2/h1-3H;1-2H3. The first-order valence-corrected chi connectivity index (χ1v) is 3.34. The largest absolute Gasteiger partial charge is 0.228 e. The fourth-order valence-electron chi connectivity index (χ4n) is 0.472. The van der Waals surface area contributed by atoms with Crippen LogP contribution in [0.5, 0.6) is 0 Å². The van der Waals surface area contributed by atoms with Gasteiger partial charge >= 0.3 is 0 Å². The van der Waals surface area contributed by atoms with Crippen LogP contribution < -0.4 is 0 Å². The molecule has 1 rings (SSSR count). The van der Waals surface area contributed by atoms with Gasteiger partial charge in [0.1, 0.15) is 0 Å². The highest BCUT2D eigenvalue weighted by Gasteiger charge is 1.90. The van der Waals surface area contributed by atoms with Crippen LogP contribution in [0.15, 0.2) is 18.3 Å². The molecule has 11 heavy (non-hydrogen) atoms. The molecular formula is C8H9FN2. The normalized spacial score (nSPS) is 7.45. The topological polar surface area (TPSA) is 36.7 Å². The van der Waals surface area contributed by atoms with Crippen molar-refractivity contribution in [3.63, 3.8) is 0 Å². The molecule has 0 spiro atoms. The van der Waals surface area contributed by atoms with Gasteiger partial charge in [-0.2, -0.15) is 9.65 Å². The summed E-state index contributed by atoms with van der Waals surface area (Å²) in [6.45, 7) is 4.00. The van der Waals surface area contributed by atoms with Gasteiger partial charge < -0.3 is 0 Å². The maximum absolute atomic E-state index is 12.1. The van der Waals surface area contributed by atoms with Gasteiger partial charge in [-0.3, -0.25) is 0 Å². The van der Waals surface area contributed by atoms with E-state index < -0.39 is 5.95 Å². The lowest BCUT2D eigenvalue weighted by Crippen LogP contribution is -1.81. The molecule has 0 radical (unpaired) electrons. The lowest BCUT2D eigenvalue weighted by molar-refractivity contribution is 0.583. The van der Waals surface area contributed by atoms with E-state index in [1.807, 2.05) is 13.8 Å². The van der Waals surface area contributed by atoms with E-state index >= 15 is 0 Å². The highest BCUT2D eigenvalue weighted by Crippen LogP contribution is 1.96. The zero-order valence-corrected chi connectivity index (χ0v) is 6.50. The number of hydrogen-bond donors (Lipinski definition) is 0. The summed E-state index contributed by atoms with van der Waals surface area (Å²) in [7, 11) is 0. The number of pyridine rings is 1. The molecule has 0 fully saturated rings. The zero-order chi connectivity index (χ0) is 8.69. The van der Waals surface area contributed by atoms with E-state index in [0.717, 1.165) is 6.07 Å². The smallest absolute Gasteiger partial charge is 0.214 e. The van der Waals surface area contributed by atoms with Crippen molar-refractivity contribution in [2.45, 2.75) is 13.8 Å². The molecule has 0 aliphatic rings. The van der Waals surface area contributed by atoms with Gasteiger partial charge in [0.05, 0.1) is 11.6 Å². The second kappa shape index (κ2) is 5.36. The van der Waals surface area contributed by atoms with E-state index in [9.17, 15) is 4.39 Å². The predicted molar refractivity (Wildman–Crippen MR) is 40.3 cm³/mol. The summed E-state index contributed by atoms with van der Waals surface area (Å²) in [5.74, 6) is -0.617. The fraction of sp³-hybridized carbons (Fsp3) is 0.250. The van der Waals surface area contributed by atoms with Crippen molar-refractivity contribution >= 4 is 0 Å². The summed E-state index contributed by atoms with van der Waals surface area (Å²) in [4.78, 5) is 3.27. The Kier molecular flexibility index (Phi) is 4.67. The minimum absolute atomic E-state index is 0.294. The Morgan fingerprint density at radius 2 is 2.18 bits per heavy atom. The van der Waals surface area contributed by atoms with Crippen molar-refractivity contribution in [3.05, 3.63) is 29.8 Å². The van der Waals surface area contributed by atoms with Gasteiger partial charge in [0.25, 0.3) is 0 Å². The molecule has 0 saturated carbocycles. The molecular weight excluding hydrogens is 143 g/mol. The molecule has 0 aliphatic heterocycles. The summed E-state index contributed by atoms with van der Waals surface area (Å²) in [6, 6.07) is 4.32. The third kappa shape index (κ3) is 3.31. The average Bonchev–Trinajstić information content (AvgIpc) is 2.08. The lowest BCUT2D eigenvalue weighted by Gasteiger charge is -1.84. The predicted octanol–water partition coefficient (Wildman–Crippen LogP) is 2.12. The molecule has 0 atom stereocenters. The van der Waals surface area contributed by atoms with Gasteiger partial charge in [0.15, 0.2) is 0 Å². The van der Waals surface area contributed by atoms with E-state index in [4.69, 9.17) is 5.26 Å². The molecule has 0 saturated heterocycles. The fourth-order valence-corrected chi connectivity index (χ4v) is 0.472. The van der Waals surface area contributed by atoms with Gasteiger partial charge in [0, 0.05) is 12.3 Å². The van der Waals surface area contributed by atoms with E-state index in [1.54, 1.807) is 6.07 Å². The summed E-state index contributed by atoms with van der Waals surface area (Å²) >= 11 is 0. The van der Waals surface area contributed by atoms with Gasteiger partial charge in [0.2, 0.25) is 5.95 Å². The van der Waals surface area contributed by atoms with Crippen LogP contribution in [0, 0.1) is 17.3 Å². The summed E-state index contributed by atoms with van der Waals surface area (Å²) in [6.07, 6.45) is 1.26. The van der Waals surface area contributed by atoms with Gasteiger partial charge in [-0.15, -0.1) is 0 Å². The Bertz CT molecular complexity index is 253. The van der Waals surface area contributed by atoms with Crippen LogP contribution in [0.4, 0.5) is 4.39 Å². The number of rotatable bonds is 0. The monoisotopic (exact) mass is 152 g/mol. The molecule has 0 aromatic carbocycles. The maximum Gasteiger partial charge on any atom is 0.214 e. The second-order valence-corrected chi connectivity index (χ2v) is 1.48. The van der Waals surface area contributed by atoms with Crippen molar-refractivity contribution in [2.75, 3.05) is 0 Å². The molecule has 0 amide bonds. The Morgan fingerprint density at radius 3 is 2.55 bits per heavy atom. The minimum Gasteiger partial charge on any atom is -0.228 e. The van der Waals surface area contributed by atoms with E-state index in [-0.39, 0.29) is 0 Å². The maximum atomic E-state index is 12.1. The van der Waals surface area contributed by atoms with Crippen molar-refractivity contribution in [1.82, 2.24) is 4.98 Å². The molecule has 0 N–H and O–H groups in total. The molecule has 0 unspecified atom stereocenters. The summed E-state index contributed by atoms with van der Waals surface area (Å²) in [5.41, 5.74) is 0.294. The van der Waals surface area contributed by atoms with Crippen molar-refractivity contribution in [1.29, 1.82) is 5.26 Å². The molecule has 0 aliphatic carbocycles. The Balaban J connectivity index is 0.000000461. The molecule has 1 aromatic heterocycles. The molecule has 1 aromatic rings. The van der Waals surface area contributed by atoms with Gasteiger partial charge in [-0.05, 0) is 6.07 Å². The Morgan fingerprint density at radius 1 is 1.55 bits per heavy atom. The third-order valence-electron chi connectivity index (χ3n) is 0.856. The van der Waals surface area contributed by atoms with Crippen LogP contribution in [0.3, 0.4) is 0 Å². The van der Waals surface area contributed by atoms with Crippen LogP contribution >= 0.6 is 0 Å². The number of halogens is 1. The molecule has 58 valence electrons. The van der Waals surface area contributed by atoms with E-state index in [0.29, 0.717) is 5.56 Å². The van der Waals surface area contributed by atoms with Crippen molar-refractivity contribution in [2.24, 2.45) is 0 Å². The first kappa shape index (κ1) is 9.57. The van der Waals surface area contributed by atoms with Crippen molar-refractivity contribution in [3.8, 4) is 6.07 Å². The summed E-state index contributed by atoms with van der Waals surface area (Å²) in [5, 5.41) is 8.22. The van der Waals surface area contributed by atoms with Crippen LogP contribution in [-0.4, -0.2) is 4.98 Å². The zero-order valence-electron chi connectivity index (χ0n) is 6.50. The van der Waals surface area contributed by atoms with Crippen LogP contribution in [0.1, 0.15) is 19.4 Å². The number of hydrogen-bond acceptors (Lipinski definition) is 2. The number of nitrogens with zero attached hydrogens (tertiary/aromatic N) is 2. The van der Waals surface area contributed by atoms with Crippen molar-refractivity contribution < 1.29 is 4.39 Å². The highest BCUT2D eigenvalue weighted by atomic mass is 19.1. The Labute approximate surface area is 65.3 Å². The van der Waals surface area contributed by atoms with Crippen LogP contribution in [0.2, 0.25) is 0 Å². The molecule has 3 heteroatoms. The van der Waals surface area contributed by atoms with Crippen LogP contribution in [-0.2, 0) is 0 Å². The number of nitriles is 1. The highest BCUT2D eigenvalue weighted by molar-refractivity contribution is 5.25. The SMILES string of the molecule is CC.N#Cc1ccnc(F)c1. The second-order valence-electron chi connectivity index (χ2n) is 1.48. The van der Waals surface area contributed by atoms with Gasteiger partial charge in [-0.1, -0.05) is 13.8 Å². The molecule has 2 nitrogen and oxygen atoms in total. The van der Waals surface area contributed by atoms with E-state index in [2.05, 4.69) is 4.98 Å². The minimum atomic E-state index is -0.617. The molecule has 0 bridgehead atoms.